The smallest absolute Gasteiger partial charge is 0.328 e. The fourth-order valence-electron chi connectivity index (χ4n) is 1.50. The summed E-state index contributed by atoms with van der Waals surface area (Å²) in [7, 11) is 1.38. The highest BCUT2D eigenvalue weighted by molar-refractivity contribution is 5.94. The maximum atomic E-state index is 11.6. The molecule has 1 unspecified atom stereocenters. The molecule has 1 amide bonds. The van der Waals surface area contributed by atoms with Gasteiger partial charge in [0.15, 0.2) is 6.04 Å². The van der Waals surface area contributed by atoms with E-state index < -0.39 is 17.9 Å². The summed E-state index contributed by atoms with van der Waals surface area (Å²) in [5.74, 6) is -1.59. The molecule has 0 aliphatic heterocycles. The largest absolute Gasteiger partial charge is 0.480 e. The van der Waals surface area contributed by atoms with E-state index in [4.69, 9.17) is 9.84 Å². The number of carbonyl (C=O) groups is 2. The molecule has 2 N–H and O–H groups in total. The van der Waals surface area contributed by atoms with Crippen molar-refractivity contribution >= 4 is 18.0 Å². The van der Waals surface area contributed by atoms with Gasteiger partial charge in [-0.1, -0.05) is 24.3 Å². The van der Waals surface area contributed by atoms with Gasteiger partial charge in [0, 0.05) is 13.2 Å². The lowest BCUT2D eigenvalue weighted by Crippen LogP contribution is -2.43. The molecule has 5 nitrogen and oxygen atoms in total. The number of rotatable bonds is 6. The highest BCUT2D eigenvalue weighted by Crippen LogP contribution is 2.08. The first-order valence-corrected chi connectivity index (χ1v) is 5.80. The van der Waals surface area contributed by atoms with Crippen molar-refractivity contribution in [2.45, 2.75) is 13.0 Å². The monoisotopic (exact) mass is 263 g/mol. The molecule has 1 atom stereocenters. The van der Waals surface area contributed by atoms with Crippen molar-refractivity contribution in [3.8, 4) is 0 Å². The quantitative estimate of drug-likeness (QED) is 0.757. The molecule has 0 aliphatic carbocycles. The third-order valence-corrected chi connectivity index (χ3v) is 2.55. The highest BCUT2D eigenvalue weighted by atomic mass is 16.5. The van der Waals surface area contributed by atoms with Crippen LogP contribution in [0.5, 0.6) is 0 Å². The van der Waals surface area contributed by atoms with Gasteiger partial charge >= 0.3 is 5.97 Å². The molecule has 1 aromatic carbocycles. The second-order valence-corrected chi connectivity index (χ2v) is 4.04. The summed E-state index contributed by atoms with van der Waals surface area (Å²) in [5.41, 5.74) is 1.95. The number of hydrogen-bond acceptors (Lipinski definition) is 3. The first kappa shape index (κ1) is 14.9. The molecule has 0 aromatic heterocycles. The lowest BCUT2D eigenvalue weighted by atomic mass is 10.1. The Bertz CT molecular complexity index is 482. The number of amides is 1. The van der Waals surface area contributed by atoms with Crippen molar-refractivity contribution < 1.29 is 19.4 Å². The summed E-state index contributed by atoms with van der Waals surface area (Å²) < 4.78 is 4.73. The number of hydrogen-bond donors (Lipinski definition) is 2. The van der Waals surface area contributed by atoms with Gasteiger partial charge in [-0.25, -0.2) is 4.79 Å². The zero-order valence-corrected chi connectivity index (χ0v) is 10.9. The maximum Gasteiger partial charge on any atom is 0.328 e. The molecule has 5 heteroatoms. The van der Waals surface area contributed by atoms with E-state index in [9.17, 15) is 9.59 Å². The standard InChI is InChI=1S/C14H17NO4/c1-10-5-3-4-6-11(10)7-8-13(16)15-12(9-19-2)14(17)18/h3-8,12H,9H2,1-2H3,(H,15,16)(H,17,18)/b8-7+. The van der Waals surface area contributed by atoms with Crippen molar-refractivity contribution in [2.75, 3.05) is 13.7 Å². The molecular formula is C14H17NO4. The summed E-state index contributed by atoms with van der Waals surface area (Å²) in [6.07, 6.45) is 2.96. The molecule has 1 aromatic rings. The Labute approximate surface area is 111 Å². The molecule has 102 valence electrons. The van der Waals surface area contributed by atoms with E-state index in [1.807, 2.05) is 31.2 Å². The number of aryl methyl sites for hydroxylation is 1. The summed E-state index contributed by atoms with van der Waals surface area (Å²) >= 11 is 0. The molecule has 0 fully saturated rings. The van der Waals surface area contributed by atoms with Crippen LogP contribution in [0.1, 0.15) is 11.1 Å². The molecule has 0 bridgehead atoms. The molecule has 0 spiro atoms. The van der Waals surface area contributed by atoms with Crippen molar-refractivity contribution in [1.29, 1.82) is 0 Å². The van der Waals surface area contributed by atoms with Gasteiger partial charge in [0.2, 0.25) is 5.91 Å². The van der Waals surface area contributed by atoms with Gasteiger partial charge in [0.1, 0.15) is 0 Å². The van der Waals surface area contributed by atoms with Gasteiger partial charge in [-0.15, -0.1) is 0 Å². The van der Waals surface area contributed by atoms with Crippen LogP contribution < -0.4 is 5.32 Å². The second-order valence-electron chi connectivity index (χ2n) is 4.04. The third kappa shape index (κ3) is 4.93. The molecular weight excluding hydrogens is 246 g/mol. The van der Waals surface area contributed by atoms with Crippen LogP contribution in [-0.2, 0) is 14.3 Å². The highest BCUT2D eigenvalue weighted by Gasteiger charge is 2.18. The predicted octanol–water partition coefficient (Wildman–Crippen LogP) is 1.22. The average molecular weight is 263 g/mol. The maximum absolute atomic E-state index is 11.6. The molecule has 0 heterocycles. The number of benzene rings is 1. The summed E-state index contributed by atoms with van der Waals surface area (Å²) in [5, 5.41) is 11.2. The van der Waals surface area contributed by atoms with Crippen molar-refractivity contribution in [1.82, 2.24) is 5.32 Å². The Hall–Kier alpha value is -2.14. The Kier molecular flexibility index (Phi) is 5.75. The number of ether oxygens (including phenoxy) is 1. The summed E-state index contributed by atoms with van der Waals surface area (Å²) in [4.78, 5) is 22.4. The molecule has 1 rings (SSSR count). The number of carboxylic acids is 1. The number of carboxylic acid groups (broad SMARTS) is 1. The minimum Gasteiger partial charge on any atom is -0.480 e. The van der Waals surface area contributed by atoms with Crippen LogP contribution in [0.4, 0.5) is 0 Å². The van der Waals surface area contributed by atoms with Crippen LogP contribution in [0.3, 0.4) is 0 Å². The minimum atomic E-state index is -1.13. The van der Waals surface area contributed by atoms with Gasteiger partial charge in [-0.2, -0.15) is 0 Å². The minimum absolute atomic E-state index is 0.0702. The SMILES string of the molecule is COCC(NC(=O)/C=C/c1ccccc1C)C(=O)O. The normalized spacial score (nSPS) is 12.3. The fourth-order valence-corrected chi connectivity index (χ4v) is 1.50. The zero-order valence-electron chi connectivity index (χ0n) is 10.9. The van der Waals surface area contributed by atoms with Crippen LogP contribution >= 0.6 is 0 Å². The van der Waals surface area contributed by atoms with Gasteiger partial charge in [0.05, 0.1) is 6.61 Å². The van der Waals surface area contributed by atoms with Crippen LogP contribution in [-0.4, -0.2) is 36.7 Å². The van der Waals surface area contributed by atoms with Crippen LogP contribution in [0.2, 0.25) is 0 Å². The number of nitrogens with one attached hydrogen (secondary N) is 1. The van der Waals surface area contributed by atoms with E-state index in [1.165, 1.54) is 13.2 Å². The zero-order chi connectivity index (χ0) is 14.3. The van der Waals surface area contributed by atoms with Gasteiger partial charge in [-0.05, 0) is 24.1 Å². The third-order valence-electron chi connectivity index (χ3n) is 2.55. The van der Waals surface area contributed by atoms with Crippen molar-refractivity contribution in [2.24, 2.45) is 0 Å². The van der Waals surface area contributed by atoms with Gasteiger partial charge < -0.3 is 15.2 Å². The Balaban J connectivity index is 2.64. The molecule has 19 heavy (non-hydrogen) atoms. The molecule has 0 radical (unpaired) electrons. The lowest BCUT2D eigenvalue weighted by Gasteiger charge is -2.11. The Morgan fingerprint density at radius 1 is 1.42 bits per heavy atom. The van der Waals surface area contributed by atoms with Crippen molar-refractivity contribution in [3.63, 3.8) is 0 Å². The van der Waals surface area contributed by atoms with E-state index in [-0.39, 0.29) is 6.61 Å². The predicted molar refractivity (Wildman–Crippen MR) is 71.7 cm³/mol. The van der Waals surface area contributed by atoms with E-state index in [0.29, 0.717) is 0 Å². The number of methoxy groups -OCH3 is 1. The number of carbonyl (C=O) groups excluding carboxylic acids is 1. The van der Waals surface area contributed by atoms with Crippen LogP contribution in [0.15, 0.2) is 30.3 Å². The second kappa shape index (κ2) is 7.33. The van der Waals surface area contributed by atoms with E-state index >= 15 is 0 Å². The average Bonchev–Trinajstić information content (AvgIpc) is 2.37. The molecule has 0 saturated heterocycles. The lowest BCUT2D eigenvalue weighted by molar-refractivity contribution is -0.142. The van der Waals surface area contributed by atoms with Crippen LogP contribution in [0, 0.1) is 6.92 Å². The van der Waals surface area contributed by atoms with E-state index in [2.05, 4.69) is 5.32 Å². The molecule has 0 saturated carbocycles. The first-order chi connectivity index (χ1) is 9.04. The molecule has 0 aliphatic rings. The van der Waals surface area contributed by atoms with Crippen molar-refractivity contribution in [3.05, 3.63) is 41.5 Å². The van der Waals surface area contributed by atoms with Crippen LogP contribution in [0.25, 0.3) is 6.08 Å². The van der Waals surface area contributed by atoms with E-state index in [1.54, 1.807) is 6.08 Å². The first-order valence-electron chi connectivity index (χ1n) is 5.80. The summed E-state index contributed by atoms with van der Waals surface area (Å²) in [6, 6.07) is 6.55. The fraction of sp³-hybridized carbons (Fsp3) is 0.286. The van der Waals surface area contributed by atoms with E-state index in [0.717, 1.165) is 11.1 Å². The summed E-state index contributed by atoms with van der Waals surface area (Å²) in [6.45, 7) is 1.86. The Morgan fingerprint density at radius 2 is 2.11 bits per heavy atom. The number of aliphatic carboxylic acids is 1. The topological polar surface area (TPSA) is 75.6 Å². The van der Waals surface area contributed by atoms with Gasteiger partial charge in [0.25, 0.3) is 0 Å². The van der Waals surface area contributed by atoms with Gasteiger partial charge in [-0.3, -0.25) is 4.79 Å². The Morgan fingerprint density at radius 3 is 2.68 bits per heavy atom.